The number of hydrogen-bond acceptors (Lipinski definition) is 2. The Hall–Kier alpha value is -1.09. The first-order valence-electron chi connectivity index (χ1n) is 4.91. The molecule has 0 fully saturated rings. The van der Waals surface area contributed by atoms with Crippen molar-refractivity contribution in [2.24, 2.45) is 0 Å². The van der Waals surface area contributed by atoms with E-state index in [1.54, 1.807) is 13.1 Å². The Bertz CT molecular complexity index is 518. The molecule has 0 N–H and O–H groups in total. The van der Waals surface area contributed by atoms with Crippen LogP contribution in [0.1, 0.15) is 15.4 Å². The normalized spacial score (nSPS) is 15.7. The predicted octanol–water partition coefficient (Wildman–Crippen LogP) is 2.00. The van der Waals surface area contributed by atoms with E-state index in [2.05, 4.69) is 10.1 Å². The van der Waals surface area contributed by atoms with Crippen LogP contribution in [0.25, 0.3) is 5.65 Å². The molecule has 0 spiro atoms. The number of aromatic nitrogens is 3. The number of hydrogen-bond donors (Lipinski definition) is 0. The van der Waals surface area contributed by atoms with E-state index in [0.717, 1.165) is 0 Å². The summed E-state index contributed by atoms with van der Waals surface area (Å²) in [5, 5.41) is 4.08. The number of halogens is 1. The molecule has 0 saturated heterocycles. The number of rotatable bonds is 0. The molecule has 0 aromatic carbocycles. The van der Waals surface area contributed by atoms with Gasteiger partial charge >= 0.3 is 0 Å². The van der Waals surface area contributed by atoms with Crippen molar-refractivity contribution in [2.75, 3.05) is 0 Å². The lowest BCUT2D eigenvalue weighted by Crippen LogP contribution is -1.92. The second-order valence-corrected chi connectivity index (χ2v) is 2.92. The van der Waals surface area contributed by atoms with E-state index in [-0.39, 0.29) is 10.7 Å². The Balaban J connectivity index is 2.82. The van der Waals surface area contributed by atoms with Gasteiger partial charge in [0.15, 0.2) is 5.65 Å². The van der Waals surface area contributed by atoms with E-state index in [1.165, 1.54) is 10.6 Å². The third kappa shape index (κ3) is 1.06. The van der Waals surface area contributed by atoms with Crippen molar-refractivity contribution in [2.45, 2.75) is 13.8 Å². The first kappa shape index (κ1) is 4.82. The van der Waals surface area contributed by atoms with Crippen LogP contribution in [-0.2, 0) is 0 Å². The molecular formula is C8H8ClN3. The minimum Gasteiger partial charge on any atom is -0.232 e. The van der Waals surface area contributed by atoms with Crippen LogP contribution in [0.5, 0.6) is 0 Å². The Morgan fingerprint density at radius 3 is 3.25 bits per heavy atom. The number of aryl methyl sites for hydroxylation is 2. The van der Waals surface area contributed by atoms with Crippen molar-refractivity contribution in [3.8, 4) is 0 Å². The van der Waals surface area contributed by atoms with Gasteiger partial charge in [-0.2, -0.15) is 5.10 Å². The minimum atomic E-state index is -2.23. The highest BCUT2D eigenvalue weighted by Crippen LogP contribution is 2.12. The average molecular weight is 185 g/mol. The molecule has 2 heterocycles. The van der Waals surface area contributed by atoms with Gasteiger partial charge in [0, 0.05) is 4.11 Å². The van der Waals surface area contributed by atoms with Crippen molar-refractivity contribution < 1.29 is 4.11 Å². The highest BCUT2D eigenvalue weighted by atomic mass is 35.5. The SMILES string of the molecule is [2H]C([2H])([2H])c1cc(Cl)nn2cc(C)nc12. The molecule has 62 valence electrons. The van der Waals surface area contributed by atoms with Crippen molar-refractivity contribution in [1.82, 2.24) is 14.6 Å². The molecule has 0 saturated carbocycles. The van der Waals surface area contributed by atoms with Crippen molar-refractivity contribution in [1.29, 1.82) is 0 Å². The van der Waals surface area contributed by atoms with Crippen LogP contribution < -0.4 is 0 Å². The number of imidazole rings is 1. The Morgan fingerprint density at radius 1 is 1.67 bits per heavy atom. The molecule has 2 aromatic heterocycles. The maximum Gasteiger partial charge on any atom is 0.156 e. The fourth-order valence-corrected chi connectivity index (χ4v) is 1.25. The Morgan fingerprint density at radius 2 is 2.50 bits per heavy atom. The predicted molar refractivity (Wildman–Crippen MR) is 47.5 cm³/mol. The Kier molecular flexibility index (Phi) is 0.985. The summed E-state index contributed by atoms with van der Waals surface area (Å²) in [6.07, 6.45) is 1.64. The van der Waals surface area contributed by atoms with Gasteiger partial charge in [-0.15, -0.1) is 0 Å². The highest BCUT2D eigenvalue weighted by molar-refractivity contribution is 6.29. The van der Waals surface area contributed by atoms with E-state index < -0.39 is 6.85 Å². The highest BCUT2D eigenvalue weighted by Gasteiger charge is 2.02. The minimum absolute atomic E-state index is 0.121. The first-order valence-corrected chi connectivity index (χ1v) is 3.79. The van der Waals surface area contributed by atoms with Crippen LogP contribution in [0.3, 0.4) is 0 Å². The lowest BCUT2D eigenvalue weighted by molar-refractivity contribution is 0.927. The van der Waals surface area contributed by atoms with E-state index in [9.17, 15) is 0 Å². The molecule has 0 bridgehead atoms. The summed E-state index contributed by atoms with van der Waals surface area (Å²) in [5.41, 5.74) is 1.16. The van der Waals surface area contributed by atoms with E-state index in [1.807, 2.05) is 0 Å². The molecule has 0 aliphatic carbocycles. The van der Waals surface area contributed by atoms with E-state index >= 15 is 0 Å². The first-order chi connectivity index (χ1) is 6.88. The molecule has 2 aromatic rings. The van der Waals surface area contributed by atoms with E-state index in [0.29, 0.717) is 11.3 Å². The van der Waals surface area contributed by atoms with Gasteiger partial charge in [0.2, 0.25) is 0 Å². The van der Waals surface area contributed by atoms with Crippen LogP contribution in [0.4, 0.5) is 0 Å². The van der Waals surface area contributed by atoms with Gasteiger partial charge in [-0.25, -0.2) is 9.50 Å². The van der Waals surface area contributed by atoms with Gasteiger partial charge in [0.1, 0.15) is 5.15 Å². The molecule has 0 aliphatic rings. The molecule has 3 nitrogen and oxygen atoms in total. The topological polar surface area (TPSA) is 30.2 Å². The third-order valence-electron chi connectivity index (χ3n) is 1.52. The van der Waals surface area contributed by atoms with Crippen molar-refractivity contribution in [3.05, 3.63) is 28.7 Å². The standard InChI is InChI=1S/C8H8ClN3/c1-5-3-7(9)11-12-4-6(2)10-8(5)12/h3-4H,1-2H3/i1D3. The molecular weight excluding hydrogens is 174 g/mol. The zero-order valence-corrected chi connectivity index (χ0v) is 7.13. The average Bonchev–Trinajstić information content (AvgIpc) is 2.41. The second kappa shape index (κ2) is 2.45. The molecule has 0 aliphatic heterocycles. The molecule has 12 heavy (non-hydrogen) atoms. The van der Waals surface area contributed by atoms with Crippen LogP contribution in [-0.4, -0.2) is 14.6 Å². The summed E-state index contributed by atoms with van der Waals surface area (Å²) < 4.78 is 23.5. The number of nitrogens with zero attached hydrogens (tertiary/aromatic N) is 3. The zero-order chi connectivity index (χ0) is 11.2. The van der Waals surface area contributed by atoms with Gasteiger partial charge in [-0.3, -0.25) is 0 Å². The largest absolute Gasteiger partial charge is 0.232 e. The summed E-state index contributed by atoms with van der Waals surface area (Å²) in [7, 11) is 0. The van der Waals surface area contributed by atoms with Gasteiger partial charge in [-0.05, 0) is 25.4 Å². The smallest absolute Gasteiger partial charge is 0.156 e. The number of fused-ring (bicyclic) bond motifs is 1. The fourth-order valence-electron chi connectivity index (χ4n) is 1.06. The van der Waals surface area contributed by atoms with Gasteiger partial charge < -0.3 is 0 Å². The second-order valence-electron chi connectivity index (χ2n) is 2.53. The van der Waals surface area contributed by atoms with E-state index in [4.69, 9.17) is 15.7 Å². The fraction of sp³-hybridized carbons (Fsp3) is 0.250. The molecule has 0 atom stereocenters. The van der Waals surface area contributed by atoms with Gasteiger partial charge in [-0.1, -0.05) is 11.6 Å². The maximum absolute atomic E-state index is 7.35. The molecule has 0 radical (unpaired) electrons. The van der Waals surface area contributed by atoms with Crippen LogP contribution >= 0.6 is 11.6 Å². The summed E-state index contributed by atoms with van der Waals surface area (Å²) in [5.74, 6) is 0. The van der Waals surface area contributed by atoms with Crippen molar-refractivity contribution >= 4 is 17.2 Å². The van der Waals surface area contributed by atoms with Crippen molar-refractivity contribution in [3.63, 3.8) is 0 Å². The Labute approximate surface area is 79.2 Å². The maximum atomic E-state index is 7.35. The quantitative estimate of drug-likeness (QED) is 0.627. The monoisotopic (exact) mass is 184 g/mol. The zero-order valence-electron chi connectivity index (χ0n) is 9.37. The summed E-state index contributed by atoms with van der Waals surface area (Å²) in [4.78, 5) is 4.10. The third-order valence-corrected chi connectivity index (χ3v) is 1.70. The molecule has 2 rings (SSSR count). The van der Waals surface area contributed by atoms with Crippen LogP contribution in [0.2, 0.25) is 5.15 Å². The summed E-state index contributed by atoms with van der Waals surface area (Å²) in [6.45, 7) is -0.461. The van der Waals surface area contributed by atoms with Gasteiger partial charge in [0.05, 0.1) is 11.9 Å². The summed E-state index contributed by atoms with van der Waals surface area (Å²) >= 11 is 5.73. The van der Waals surface area contributed by atoms with Gasteiger partial charge in [0.25, 0.3) is 0 Å². The van der Waals surface area contributed by atoms with Crippen LogP contribution in [0.15, 0.2) is 12.3 Å². The van der Waals surface area contributed by atoms with Crippen LogP contribution in [0, 0.1) is 13.8 Å². The molecule has 0 amide bonds. The molecule has 4 heteroatoms. The molecule has 0 unspecified atom stereocenters. The summed E-state index contributed by atoms with van der Waals surface area (Å²) in [6, 6.07) is 1.33. The lowest BCUT2D eigenvalue weighted by atomic mass is 10.3. The lowest BCUT2D eigenvalue weighted by Gasteiger charge is -1.96.